The highest BCUT2D eigenvalue weighted by atomic mass is 16.6. The van der Waals surface area contributed by atoms with Gasteiger partial charge in [0.25, 0.3) is 0 Å². The zero-order valence-electron chi connectivity index (χ0n) is 8.40. The normalized spacial score (nSPS) is 13.6. The third-order valence-corrected chi connectivity index (χ3v) is 1.52. The zero-order valence-corrected chi connectivity index (χ0v) is 8.40. The summed E-state index contributed by atoms with van der Waals surface area (Å²) in [5.74, 6) is 0. The van der Waals surface area contributed by atoms with E-state index in [0.717, 1.165) is 0 Å². The molecule has 0 fully saturated rings. The number of hydrogen-bond acceptors (Lipinski definition) is 5. The molecule has 0 heterocycles. The van der Waals surface area contributed by atoms with Gasteiger partial charge in [-0.2, -0.15) is 5.26 Å². The molecule has 0 spiro atoms. The van der Waals surface area contributed by atoms with Crippen LogP contribution in [0.4, 0.5) is 0 Å². The van der Waals surface area contributed by atoms with Crippen molar-refractivity contribution in [3.63, 3.8) is 0 Å². The zero-order chi connectivity index (χ0) is 11.0. The minimum atomic E-state index is -1.26. The van der Waals surface area contributed by atoms with Crippen molar-refractivity contribution in [2.24, 2.45) is 0 Å². The van der Waals surface area contributed by atoms with Crippen molar-refractivity contribution in [2.45, 2.75) is 11.6 Å². The van der Waals surface area contributed by atoms with Crippen LogP contribution in [0.1, 0.15) is 0 Å². The topological polar surface area (TPSA) is 71.7 Å². The van der Waals surface area contributed by atoms with Gasteiger partial charge in [0.15, 0.2) is 5.60 Å². The predicted molar refractivity (Wildman–Crippen MR) is 49.8 cm³/mol. The van der Waals surface area contributed by atoms with Crippen LogP contribution in [-0.2, 0) is 14.2 Å². The second-order valence-corrected chi connectivity index (χ2v) is 2.81. The number of ether oxygens (including phenoxy) is 3. The summed E-state index contributed by atoms with van der Waals surface area (Å²) in [6.45, 7) is -0.299. The molecule has 2 radical (unpaired) electrons. The highest BCUT2D eigenvalue weighted by Gasteiger charge is 2.33. The van der Waals surface area contributed by atoms with Crippen molar-refractivity contribution in [1.29, 1.82) is 5.26 Å². The van der Waals surface area contributed by atoms with Crippen LogP contribution in [0.5, 0.6) is 0 Å². The molecule has 14 heavy (non-hydrogen) atoms. The molecule has 0 amide bonds. The van der Waals surface area contributed by atoms with Gasteiger partial charge in [-0.1, -0.05) is 0 Å². The molecule has 1 atom stereocenters. The van der Waals surface area contributed by atoms with E-state index in [2.05, 4.69) is 0 Å². The molecule has 0 rings (SSSR count). The lowest BCUT2D eigenvalue weighted by atomic mass is 9.99. The molecular weight excluding hydrogens is 185 g/mol. The third kappa shape index (κ3) is 4.07. The Morgan fingerprint density at radius 1 is 1.43 bits per heavy atom. The van der Waals surface area contributed by atoms with Gasteiger partial charge in [-0.3, -0.25) is 0 Å². The molecule has 0 aromatic carbocycles. The minimum Gasteiger partial charge on any atom is -0.395 e. The first-order valence-electron chi connectivity index (χ1n) is 4.07. The predicted octanol–water partition coefficient (Wildman–Crippen LogP) is -0.955. The summed E-state index contributed by atoms with van der Waals surface area (Å²) in [5.41, 5.74) is -1.26. The first kappa shape index (κ1) is 13.4. The SMILES string of the molecule is [B][C@@H](CO)OC(C#N)(COC)COC. The Hall–Kier alpha value is -0.605. The Morgan fingerprint density at radius 3 is 2.21 bits per heavy atom. The maximum absolute atomic E-state index is 8.91. The lowest BCUT2D eigenvalue weighted by Gasteiger charge is -2.28. The summed E-state index contributed by atoms with van der Waals surface area (Å²) in [7, 11) is 8.24. The van der Waals surface area contributed by atoms with Crippen molar-refractivity contribution in [2.75, 3.05) is 34.0 Å². The largest absolute Gasteiger partial charge is 0.395 e. The van der Waals surface area contributed by atoms with E-state index in [4.69, 9.17) is 32.4 Å². The van der Waals surface area contributed by atoms with Crippen LogP contribution in [-0.4, -0.2) is 58.6 Å². The lowest BCUT2D eigenvalue weighted by molar-refractivity contribution is -0.108. The first-order chi connectivity index (χ1) is 6.64. The second kappa shape index (κ2) is 6.79. The molecule has 1 N–H and O–H groups in total. The molecule has 0 aliphatic heterocycles. The Kier molecular flexibility index (Phi) is 6.50. The van der Waals surface area contributed by atoms with Crippen molar-refractivity contribution in [3.8, 4) is 6.07 Å². The van der Waals surface area contributed by atoms with Gasteiger partial charge < -0.3 is 19.3 Å². The Labute approximate surface area is 85.0 Å². The fraction of sp³-hybridized carbons (Fsp3) is 0.875. The Morgan fingerprint density at radius 2 is 1.93 bits per heavy atom. The molecule has 0 aliphatic rings. The number of aliphatic hydroxyl groups excluding tert-OH is 1. The molecule has 0 bridgehead atoms. The lowest BCUT2D eigenvalue weighted by Crippen LogP contribution is -2.44. The van der Waals surface area contributed by atoms with Gasteiger partial charge in [-0.25, -0.2) is 0 Å². The van der Waals surface area contributed by atoms with Gasteiger partial charge in [-0.05, 0) is 0 Å². The number of methoxy groups -OCH3 is 2. The molecule has 0 aromatic heterocycles. The Bertz CT molecular complexity index is 188. The summed E-state index contributed by atoms with van der Waals surface area (Å²) in [5, 5.41) is 17.6. The van der Waals surface area contributed by atoms with E-state index >= 15 is 0 Å². The van der Waals surface area contributed by atoms with E-state index in [1.165, 1.54) is 14.2 Å². The van der Waals surface area contributed by atoms with Crippen LogP contribution in [0, 0.1) is 11.3 Å². The number of aliphatic hydroxyl groups is 1. The molecule has 0 unspecified atom stereocenters. The molecule has 78 valence electrons. The molecule has 0 aliphatic carbocycles. The summed E-state index contributed by atoms with van der Waals surface area (Å²) in [6, 6.07) is 1.00. The fourth-order valence-electron chi connectivity index (χ4n) is 0.994. The van der Waals surface area contributed by atoms with E-state index in [9.17, 15) is 0 Å². The monoisotopic (exact) mass is 199 g/mol. The van der Waals surface area contributed by atoms with Gasteiger partial charge in [0.2, 0.25) is 0 Å². The van der Waals surface area contributed by atoms with E-state index in [1.54, 1.807) is 0 Å². The average molecular weight is 199 g/mol. The highest BCUT2D eigenvalue weighted by molar-refractivity contribution is 6.11. The fourth-order valence-corrected chi connectivity index (χ4v) is 0.994. The van der Waals surface area contributed by atoms with E-state index < -0.39 is 11.6 Å². The molecule has 0 saturated heterocycles. The van der Waals surface area contributed by atoms with Crippen LogP contribution in [0.15, 0.2) is 0 Å². The molecular formula is C8H14BNO4. The van der Waals surface area contributed by atoms with Crippen LogP contribution < -0.4 is 0 Å². The summed E-state index contributed by atoms with van der Waals surface area (Å²) in [4.78, 5) is 0. The van der Waals surface area contributed by atoms with Crippen LogP contribution in [0.3, 0.4) is 0 Å². The van der Waals surface area contributed by atoms with Gasteiger partial charge in [0.1, 0.15) is 13.9 Å². The van der Waals surface area contributed by atoms with Gasteiger partial charge >= 0.3 is 0 Å². The third-order valence-electron chi connectivity index (χ3n) is 1.52. The van der Waals surface area contributed by atoms with Crippen LogP contribution in [0.25, 0.3) is 0 Å². The van der Waals surface area contributed by atoms with Crippen LogP contribution in [0.2, 0.25) is 0 Å². The number of hydrogen-bond donors (Lipinski definition) is 1. The van der Waals surface area contributed by atoms with Gasteiger partial charge in [0, 0.05) is 20.2 Å². The van der Waals surface area contributed by atoms with Crippen molar-refractivity contribution in [3.05, 3.63) is 0 Å². The highest BCUT2D eigenvalue weighted by Crippen LogP contribution is 2.13. The number of rotatable bonds is 7. The van der Waals surface area contributed by atoms with E-state index in [1.807, 2.05) is 6.07 Å². The number of nitriles is 1. The molecule has 0 aromatic rings. The molecule has 0 saturated carbocycles. The summed E-state index contributed by atoms with van der Waals surface area (Å²) >= 11 is 0. The van der Waals surface area contributed by atoms with Gasteiger partial charge in [-0.15, -0.1) is 0 Å². The minimum absolute atomic E-state index is 0.0328. The Balaban J connectivity index is 4.42. The summed E-state index contributed by atoms with van der Waals surface area (Å²) in [6.07, 6.45) is 0. The van der Waals surface area contributed by atoms with Crippen molar-refractivity contribution >= 4 is 7.85 Å². The average Bonchev–Trinajstić information content (AvgIpc) is 2.18. The van der Waals surface area contributed by atoms with E-state index in [0.29, 0.717) is 0 Å². The van der Waals surface area contributed by atoms with Crippen molar-refractivity contribution in [1.82, 2.24) is 0 Å². The van der Waals surface area contributed by atoms with E-state index in [-0.39, 0.29) is 19.8 Å². The number of nitrogens with zero attached hydrogens (tertiary/aromatic N) is 1. The van der Waals surface area contributed by atoms with Crippen molar-refractivity contribution < 1.29 is 19.3 Å². The van der Waals surface area contributed by atoms with Crippen LogP contribution >= 0.6 is 0 Å². The molecule has 6 heteroatoms. The second-order valence-electron chi connectivity index (χ2n) is 2.81. The maximum Gasteiger partial charge on any atom is 0.199 e. The standard InChI is InChI=1S/C8H14BNO4/c1-12-5-8(4-10,6-13-2)14-7(9)3-11/h7,11H,3,5-6H2,1-2H3/t7-/m1/s1. The molecule has 5 nitrogen and oxygen atoms in total. The quantitative estimate of drug-likeness (QED) is 0.535. The van der Waals surface area contributed by atoms with Gasteiger partial charge in [0.05, 0.1) is 19.8 Å². The summed E-state index contributed by atoms with van der Waals surface area (Å²) < 4.78 is 14.8. The maximum atomic E-state index is 8.91. The first-order valence-corrected chi connectivity index (χ1v) is 4.07. The smallest absolute Gasteiger partial charge is 0.199 e.